The first-order valence-corrected chi connectivity index (χ1v) is 12.7. The lowest BCUT2D eigenvalue weighted by Crippen LogP contribution is -2.34. The molecule has 0 spiro atoms. The molecule has 2 aromatic rings. The van der Waals surface area contributed by atoms with Gasteiger partial charge >= 0.3 is 5.97 Å². The van der Waals surface area contributed by atoms with Crippen molar-refractivity contribution >= 4 is 74.2 Å². The van der Waals surface area contributed by atoms with E-state index in [0.29, 0.717) is 18.5 Å². The number of ether oxygens (including phenoxy) is 1. The highest BCUT2D eigenvalue weighted by Gasteiger charge is 2.52. The number of nitrogens with one attached hydrogen (secondary N) is 1. The van der Waals surface area contributed by atoms with Crippen molar-refractivity contribution in [2.45, 2.75) is 37.4 Å². The van der Waals surface area contributed by atoms with Gasteiger partial charge in [-0.05, 0) is 68.1 Å². The number of amides is 3. The number of carbonyl (C=O) groups is 4. The van der Waals surface area contributed by atoms with Gasteiger partial charge in [0.25, 0.3) is 5.91 Å². The molecule has 1 saturated heterocycles. The Kier molecular flexibility index (Phi) is 7.54. The van der Waals surface area contributed by atoms with Crippen LogP contribution in [0.4, 0.5) is 11.4 Å². The van der Waals surface area contributed by atoms with E-state index in [9.17, 15) is 19.2 Å². The number of carbonyl (C=O) groups excluding carboxylic acids is 4. The minimum absolute atomic E-state index is 0.117. The summed E-state index contributed by atoms with van der Waals surface area (Å²) in [5, 5.41) is 1.97. The van der Waals surface area contributed by atoms with Crippen LogP contribution in [-0.2, 0) is 19.1 Å². The highest BCUT2D eigenvalue weighted by molar-refractivity contribution is 9.10. The third-order valence-corrected chi connectivity index (χ3v) is 8.53. The number of fused-ring (bicyclic) bond motifs is 1. The van der Waals surface area contributed by atoms with Crippen LogP contribution >= 0.6 is 39.1 Å². The van der Waals surface area contributed by atoms with Crippen LogP contribution < -0.4 is 10.2 Å². The summed E-state index contributed by atoms with van der Waals surface area (Å²) in [5.74, 6) is -2.98. The Morgan fingerprint density at radius 1 is 1.03 bits per heavy atom. The van der Waals surface area contributed by atoms with Crippen molar-refractivity contribution in [1.82, 2.24) is 0 Å². The molecule has 3 amide bonds. The molecular formula is C25H23BrCl2N2O5. The molecule has 1 N–H and O–H groups in total. The van der Waals surface area contributed by atoms with Crippen molar-refractivity contribution in [2.24, 2.45) is 11.8 Å². The van der Waals surface area contributed by atoms with Gasteiger partial charge in [0.05, 0.1) is 33.8 Å². The van der Waals surface area contributed by atoms with E-state index in [2.05, 4.69) is 21.2 Å². The zero-order valence-corrected chi connectivity index (χ0v) is 22.1. The number of esters is 1. The van der Waals surface area contributed by atoms with Crippen molar-refractivity contribution in [2.75, 3.05) is 16.8 Å². The second kappa shape index (κ2) is 10.3. The molecule has 0 bridgehead atoms. The normalized spacial score (nSPS) is 23.7. The number of hydrogen-bond acceptors (Lipinski definition) is 5. The Morgan fingerprint density at radius 3 is 2.29 bits per heavy atom. The average molecular weight is 582 g/mol. The molecule has 10 heteroatoms. The molecular weight excluding hydrogens is 559 g/mol. The Balaban J connectivity index is 1.42. The first-order chi connectivity index (χ1) is 16.6. The van der Waals surface area contributed by atoms with Crippen LogP contribution in [0.2, 0.25) is 0 Å². The first kappa shape index (κ1) is 25.7. The van der Waals surface area contributed by atoms with Crippen LogP contribution in [0.3, 0.4) is 0 Å². The van der Waals surface area contributed by atoms with Crippen LogP contribution in [0, 0.1) is 25.7 Å². The summed E-state index contributed by atoms with van der Waals surface area (Å²) in [6.07, 6.45) is 0.658. The van der Waals surface area contributed by atoms with Gasteiger partial charge < -0.3 is 10.1 Å². The number of hydrogen-bond donors (Lipinski definition) is 1. The maximum Gasteiger partial charge on any atom is 0.338 e. The largest absolute Gasteiger partial charge is 0.452 e. The lowest BCUT2D eigenvalue weighted by atomic mass is 9.80. The summed E-state index contributed by atoms with van der Waals surface area (Å²) in [7, 11) is 0. The summed E-state index contributed by atoms with van der Waals surface area (Å²) in [6.45, 7) is 3.32. The van der Waals surface area contributed by atoms with Crippen molar-refractivity contribution in [1.29, 1.82) is 0 Å². The molecule has 7 nitrogen and oxygen atoms in total. The maximum atomic E-state index is 13.0. The van der Waals surface area contributed by atoms with Crippen LogP contribution in [0.1, 0.15) is 34.3 Å². The van der Waals surface area contributed by atoms with Gasteiger partial charge in [0.15, 0.2) is 6.61 Å². The quantitative estimate of drug-likeness (QED) is 0.305. The lowest BCUT2D eigenvalue weighted by molar-refractivity contribution is -0.122. The molecule has 2 fully saturated rings. The monoisotopic (exact) mass is 580 g/mol. The number of anilines is 2. The molecule has 1 saturated carbocycles. The van der Waals surface area contributed by atoms with E-state index in [4.69, 9.17) is 27.9 Å². The van der Waals surface area contributed by atoms with Gasteiger partial charge in [-0.25, -0.2) is 4.79 Å². The number of halogens is 3. The smallest absolute Gasteiger partial charge is 0.338 e. The first-order valence-electron chi connectivity index (χ1n) is 11.1. The van der Waals surface area contributed by atoms with Crippen molar-refractivity contribution in [3.05, 3.63) is 57.6 Å². The maximum absolute atomic E-state index is 13.0. The Morgan fingerprint density at radius 2 is 1.66 bits per heavy atom. The second-order valence-electron chi connectivity index (χ2n) is 8.75. The van der Waals surface area contributed by atoms with Gasteiger partial charge in [0.2, 0.25) is 11.8 Å². The van der Waals surface area contributed by atoms with E-state index in [1.54, 1.807) is 18.2 Å². The molecule has 4 atom stereocenters. The van der Waals surface area contributed by atoms with Gasteiger partial charge in [0, 0.05) is 10.2 Å². The summed E-state index contributed by atoms with van der Waals surface area (Å²) in [6, 6.07) is 9.62. The lowest BCUT2D eigenvalue weighted by Gasteiger charge is -2.28. The predicted molar refractivity (Wildman–Crippen MR) is 137 cm³/mol. The molecule has 2 aliphatic rings. The standard InChI is InChI=1S/C25H23BrCl2N2O5/c1-12-13(2)21(7-6-18(12)26)29-22(31)11-35-25(34)14-4-3-5-15(8-14)30-23(32)16-9-19(27)20(28)10-17(16)24(30)33/h3-8,16-17,19-20H,9-11H2,1-2H3,(H,29,31)/t16-,17+,19+,20-. The van der Waals surface area contributed by atoms with Gasteiger partial charge in [0.1, 0.15) is 0 Å². The van der Waals surface area contributed by atoms with Crippen LogP contribution in [0.15, 0.2) is 40.9 Å². The van der Waals surface area contributed by atoms with E-state index in [0.717, 1.165) is 20.5 Å². The summed E-state index contributed by atoms with van der Waals surface area (Å²) >= 11 is 15.9. The minimum Gasteiger partial charge on any atom is -0.452 e. The molecule has 1 aliphatic heterocycles. The molecule has 1 aliphatic carbocycles. The molecule has 0 radical (unpaired) electrons. The topological polar surface area (TPSA) is 92.8 Å². The van der Waals surface area contributed by atoms with Gasteiger partial charge in [-0.1, -0.05) is 22.0 Å². The van der Waals surface area contributed by atoms with Crippen LogP contribution in [0.25, 0.3) is 0 Å². The van der Waals surface area contributed by atoms with E-state index >= 15 is 0 Å². The Labute approximate surface area is 221 Å². The summed E-state index contributed by atoms with van der Waals surface area (Å²) in [4.78, 5) is 52.0. The third-order valence-electron chi connectivity index (χ3n) is 6.58. The second-order valence-corrected chi connectivity index (χ2v) is 10.7. The van der Waals surface area contributed by atoms with Crippen LogP contribution in [0.5, 0.6) is 0 Å². The third kappa shape index (κ3) is 5.10. The molecule has 0 unspecified atom stereocenters. The van der Waals surface area contributed by atoms with Crippen molar-refractivity contribution < 1.29 is 23.9 Å². The fourth-order valence-corrected chi connectivity index (χ4v) is 5.46. The highest BCUT2D eigenvalue weighted by atomic mass is 79.9. The Hall–Kier alpha value is -2.42. The van der Waals surface area contributed by atoms with E-state index < -0.39 is 30.3 Å². The summed E-state index contributed by atoms with van der Waals surface area (Å²) < 4.78 is 6.10. The molecule has 0 aromatic heterocycles. The molecule has 1 heterocycles. The van der Waals surface area contributed by atoms with E-state index in [1.165, 1.54) is 12.1 Å². The Bertz CT molecular complexity index is 1190. The zero-order chi connectivity index (χ0) is 25.4. The highest BCUT2D eigenvalue weighted by Crippen LogP contribution is 2.43. The molecule has 2 aromatic carbocycles. The van der Waals surface area contributed by atoms with Gasteiger partial charge in [-0.3, -0.25) is 19.3 Å². The number of imide groups is 1. The van der Waals surface area contributed by atoms with Crippen molar-refractivity contribution in [3.63, 3.8) is 0 Å². The zero-order valence-electron chi connectivity index (χ0n) is 19.0. The predicted octanol–water partition coefficient (Wildman–Crippen LogP) is 4.98. The van der Waals surface area contributed by atoms with E-state index in [-0.39, 0.29) is 33.8 Å². The molecule has 4 rings (SSSR count). The minimum atomic E-state index is -0.746. The van der Waals surface area contributed by atoms with Gasteiger partial charge in [-0.2, -0.15) is 0 Å². The summed E-state index contributed by atoms with van der Waals surface area (Å²) in [5.41, 5.74) is 2.90. The fraction of sp³-hybridized carbons (Fsp3) is 0.360. The number of nitrogens with zero attached hydrogens (tertiary/aromatic N) is 1. The molecule has 184 valence electrons. The number of rotatable bonds is 5. The number of benzene rings is 2. The number of alkyl halides is 2. The van der Waals surface area contributed by atoms with Crippen LogP contribution in [-0.4, -0.2) is 41.1 Å². The average Bonchev–Trinajstić information content (AvgIpc) is 3.07. The van der Waals surface area contributed by atoms with Crippen molar-refractivity contribution in [3.8, 4) is 0 Å². The fourth-order valence-electron chi connectivity index (χ4n) is 4.45. The SMILES string of the molecule is Cc1c(Br)ccc(NC(=O)COC(=O)c2cccc(N3C(=O)[C@H]4C[C@@H](Cl)[C@@H](Cl)C[C@H]4C3=O)c2)c1C. The van der Waals surface area contributed by atoms with Gasteiger partial charge in [-0.15, -0.1) is 23.2 Å². The van der Waals surface area contributed by atoms with E-state index in [1.807, 2.05) is 19.9 Å². The molecule has 35 heavy (non-hydrogen) atoms.